The molecule has 1 heterocycles. The van der Waals surface area contributed by atoms with Gasteiger partial charge in [-0.15, -0.1) is 11.3 Å². The van der Waals surface area contributed by atoms with Crippen LogP contribution in [-0.4, -0.2) is 37.6 Å². The third kappa shape index (κ3) is 2.57. The lowest BCUT2D eigenvalue weighted by atomic mass is 10.1. The van der Waals surface area contributed by atoms with Gasteiger partial charge in [0.25, 0.3) is 0 Å². The van der Waals surface area contributed by atoms with E-state index in [1.54, 1.807) is 0 Å². The van der Waals surface area contributed by atoms with E-state index in [0.29, 0.717) is 0 Å². The number of rotatable bonds is 4. The third-order valence-corrected chi connectivity index (χ3v) is 4.59. The number of nitrogens with zero attached hydrogens (tertiary/aromatic N) is 2. The number of hydrogen-bond acceptors (Lipinski definition) is 3. The SMILES string of the molecule is CN(C)CN(C)Cc1cccc2sc3ccccc3c12. The maximum atomic E-state index is 2.35. The Balaban J connectivity index is 2.06. The predicted octanol–water partition coefficient (Wildman–Crippen LogP) is 4.01. The van der Waals surface area contributed by atoms with Gasteiger partial charge >= 0.3 is 0 Å². The maximum Gasteiger partial charge on any atom is 0.0501 e. The molecule has 0 amide bonds. The molecule has 0 atom stereocenters. The second-order valence-corrected chi connectivity index (χ2v) is 6.71. The first-order chi connectivity index (χ1) is 9.65. The fraction of sp³-hybridized carbons (Fsp3) is 0.294. The Labute approximate surface area is 124 Å². The average molecular weight is 284 g/mol. The van der Waals surface area contributed by atoms with E-state index in [9.17, 15) is 0 Å². The molecule has 104 valence electrons. The molecule has 2 nitrogen and oxygen atoms in total. The summed E-state index contributed by atoms with van der Waals surface area (Å²) >= 11 is 1.89. The highest BCUT2D eigenvalue weighted by Gasteiger charge is 2.10. The smallest absolute Gasteiger partial charge is 0.0501 e. The summed E-state index contributed by atoms with van der Waals surface area (Å²) in [4.78, 5) is 4.55. The van der Waals surface area contributed by atoms with Gasteiger partial charge in [-0.3, -0.25) is 9.80 Å². The molecule has 0 fully saturated rings. The molecule has 3 aromatic rings. The van der Waals surface area contributed by atoms with Crippen molar-refractivity contribution in [3.05, 3.63) is 48.0 Å². The van der Waals surface area contributed by atoms with Crippen LogP contribution < -0.4 is 0 Å². The van der Waals surface area contributed by atoms with Crippen molar-refractivity contribution in [2.75, 3.05) is 27.8 Å². The monoisotopic (exact) mass is 284 g/mol. The second-order valence-electron chi connectivity index (χ2n) is 5.62. The molecule has 0 spiro atoms. The topological polar surface area (TPSA) is 6.48 Å². The summed E-state index contributed by atoms with van der Waals surface area (Å²) in [5, 5.41) is 2.82. The Kier molecular flexibility index (Phi) is 3.74. The third-order valence-electron chi connectivity index (χ3n) is 3.45. The van der Waals surface area contributed by atoms with Crippen molar-refractivity contribution < 1.29 is 0 Å². The van der Waals surface area contributed by atoms with Crippen LogP contribution in [0, 0.1) is 0 Å². The minimum Gasteiger partial charge on any atom is -0.297 e. The first-order valence-corrected chi connectivity index (χ1v) is 7.69. The average Bonchev–Trinajstić information content (AvgIpc) is 2.77. The zero-order valence-corrected chi connectivity index (χ0v) is 13.1. The lowest BCUT2D eigenvalue weighted by Crippen LogP contribution is -2.29. The van der Waals surface area contributed by atoms with Gasteiger partial charge in [-0.25, -0.2) is 0 Å². The van der Waals surface area contributed by atoms with Crippen molar-refractivity contribution in [1.29, 1.82) is 0 Å². The standard InChI is InChI=1S/C17H20N2S/c1-18(2)12-19(3)11-13-7-6-10-16-17(13)14-8-4-5-9-15(14)20-16/h4-10H,11-12H2,1-3H3. The van der Waals surface area contributed by atoms with Gasteiger partial charge in [-0.2, -0.15) is 0 Å². The molecule has 0 aliphatic heterocycles. The molecular formula is C17H20N2S. The summed E-state index contributed by atoms with van der Waals surface area (Å²) in [6.45, 7) is 1.95. The minimum absolute atomic E-state index is 0.971. The Morgan fingerprint density at radius 3 is 2.45 bits per heavy atom. The molecular weight excluding hydrogens is 264 g/mol. The number of thiophene rings is 1. The Morgan fingerprint density at radius 2 is 1.65 bits per heavy atom. The summed E-state index contributed by atoms with van der Waals surface area (Å²) in [5.74, 6) is 0. The predicted molar refractivity (Wildman–Crippen MR) is 89.4 cm³/mol. The van der Waals surface area contributed by atoms with Crippen LogP contribution in [0.1, 0.15) is 5.56 Å². The summed E-state index contributed by atoms with van der Waals surface area (Å²) < 4.78 is 2.77. The molecule has 2 aromatic carbocycles. The number of hydrogen-bond donors (Lipinski definition) is 0. The minimum atomic E-state index is 0.971. The van der Waals surface area contributed by atoms with Gasteiger partial charge in [0, 0.05) is 26.7 Å². The summed E-state index contributed by atoms with van der Waals surface area (Å²) in [6, 6.07) is 15.4. The number of benzene rings is 2. The highest BCUT2D eigenvalue weighted by Crippen LogP contribution is 2.35. The summed E-state index contributed by atoms with van der Waals surface area (Å²) in [6.07, 6.45) is 0. The largest absolute Gasteiger partial charge is 0.297 e. The van der Waals surface area contributed by atoms with Gasteiger partial charge in [0.05, 0.1) is 6.67 Å². The molecule has 0 aliphatic carbocycles. The van der Waals surface area contributed by atoms with Gasteiger partial charge < -0.3 is 0 Å². The van der Waals surface area contributed by atoms with Crippen LogP contribution in [0.3, 0.4) is 0 Å². The fourth-order valence-corrected chi connectivity index (χ4v) is 3.96. The Morgan fingerprint density at radius 1 is 0.900 bits per heavy atom. The van der Waals surface area contributed by atoms with Gasteiger partial charge in [0.15, 0.2) is 0 Å². The van der Waals surface area contributed by atoms with E-state index >= 15 is 0 Å². The van der Waals surface area contributed by atoms with Crippen molar-refractivity contribution >= 4 is 31.5 Å². The molecule has 3 heteroatoms. The molecule has 0 saturated carbocycles. The van der Waals surface area contributed by atoms with E-state index in [4.69, 9.17) is 0 Å². The molecule has 0 N–H and O–H groups in total. The first kappa shape index (κ1) is 13.6. The fourth-order valence-electron chi connectivity index (χ4n) is 2.80. The van der Waals surface area contributed by atoms with Crippen LogP contribution in [0.5, 0.6) is 0 Å². The quantitative estimate of drug-likeness (QED) is 0.668. The van der Waals surface area contributed by atoms with E-state index in [0.717, 1.165) is 13.2 Å². The van der Waals surface area contributed by atoms with Crippen LogP contribution in [0.15, 0.2) is 42.5 Å². The molecule has 0 radical (unpaired) electrons. The van der Waals surface area contributed by atoms with Gasteiger partial charge in [0.2, 0.25) is 0 Å². The van der Waals surface area contributed by atoms with E-state index in [-0.39, 0.29) is 0 Å². The first-order valence-electron chi connectivity index (χ1n) is 6.87. The zero-order valence-electron chi connectivity index (χ0n) is 12.3. The van der Waals surface area contributed by atoms with E-state index < -0.39 is 0 Å². The molecule has 0 bridgehead atoms. The van der Waals surface area contributed by atoms with Crippen LogP contribution in [0.25, 0.3) is 20.2 Å². The van der Waals surface area contributed by atoms with Crippen LogP contribution in [0.4, 0.5) is 0 Å². The highest BCUT2D eigenvalue weighted by atomic mass is 32.1. The van der Waals surface area contributed by atoms with Crippen LogP contribution in [0.2, 0.25) is 0 Å². The normalized spacial score (nSPS) is 12.1. The molecule has 0 saturated heterocycles. The van der Waals surface area contributed by atoms with Gasteiger partial charge in [-0.1, -0.05) is 30.3 Å². The highest BCUT2D eigenvalue weighted by molar-refractivity contribution is 7.25. The molecule has 0 aliphatic rings. The second kappa shape index (κ2) is 5.52. The summed E-state index contributed by atoms with van der Waals surface area (Å²) in [7, 11) is 6.39. The summed E-state index contributed by atoms with van der Waals surface area (Å²) in [5.41, 5.74) is 1.42. The molecule has 1 aromatic heterocycles. The van der Waals surface area contributed by atoms with Crippen molar-refractivity contribution in [1.82, 2.24) is 9.80 Å². The van der Waals surface area contributed by atoms with Crippen molar-refractivity contribution in [3.8, 4) is 0 Å². The molecule has 20 heavy (non-hydrogen) atoms. The van der Waals surface area contributed by atoms with Crippen molar-refractivity contribution in [2.45, 2.75) is 6.54 Å². The van der Waals surface area contributed by atoms with E-state index in [2.05, 4.69) is 73.4 Å². The Bertz CT molecular complexity index is 730. The molecule has 3 rings (SSSR count). The zero-order chi connectivity index (χ0) is 14.1. The van der Waals surface area contributed by atoms with Gasteiger partial charge in [-0.05, 0) is 38.8 Å². The van der Waals surface area contributed by atoms with E-state index in [1.165, 1.54) is 25.7 Å². The van der Waals surface area contributed by atoms with Crippen molar-refractivity contribution in [2.24, 2.45) is 0 Å². The Hall–Kier alpha value is -1.42. The maximum absolute atomic E-state index is 2.35. The lowest BCUT2D eigenvalue weighted by molar-refractivity contribution is 0.205. The van der Waals surface area contributed by atoms with Gasteiger partial charge in [0.1, 0.15) is 0 Å². The molecule has 0 unspecified atom stereocenters. The number of fused-ring (bicyclic) bond motifs is 3. The van der Waals surface area contributed by atoms with E-state index in [1.807, 2.05) is 11.3 Å². The van der Waals surface area contributed by atoms with Crippen LogP contribution in [-0.2, 0) is 6.54 Å². The van der Waals surface area contributed by atoms with Crippen LogP contribution >= 0.6 is 11.3 Å². The van der Waals surface area contributed by atoms with Crippen molar-refractivity contribution in [3.63, 3.8) is 0 Å². The lowest BCUT2D eigenvalue weighted by Gasteiger charge is -2.21.